The second-order valence-corrected chi connectivity index (χ2v) is 4.75. The summed E-state index contributed by atoms with van der Waals surface area (Å²) in [6.07, 6.45) is 3.60. The Morgan fingerprint density at radius 1 is 0.609 bits per heavy atom. The van der Waals surface area contributed by atoms with Crippen molar-refractivity contribution < 1.29 is 28.5 Å². The Hall–Kier alpha value is -1.14. The van der Waals surface area contributed by atoms with E-state index in [0.29, 0.717) is 39.3 Å². The van der Waals surface area contributed by atoms with Crippen LogP contribution >= 0.6 is 0 Å². The molecule has 0 spiro atoms. The average Bonchev–Trinajstić information content (AvgIpc) is 2.54. The molecule has 0 heterocycles. The van der Waals surface area contributed by atoms with Gasteiger partial charge in [-0.25, -0.2) is 0 Å². The highest BCUT2D eigenvalue weighted by Crippen LogP contribution is 1.91. The lowest BCUT2D eigenvalue weighted by Gasteiger charge is -2.03. The van der Waals surface area contributed by atoms with Gasteiger partial charge in [-0.2, -0.15) is 0 Å². The molecule has 0 saturated carbocycles. The second-order valence-electron chi connectivity index (χ2n) is 4.75. The number of esters is 2. The van der Waals surface area contributed by atoms with Crippen LogP contribution in [0.1, 0.15) is 59.8 Å². The first kappa shape index (κ1) is 24.1. The van der Waals surface area contributed by atoms with E-state index >= 15 is 0 Å². The summed E-state index contributed by atoms with van der Waals surface area (Å²) in [5.41, 5.74) is 0. The lowest BCUT2D eigenvalue weighted by Crippen LogP contribution is -2.09. The second kappa shape index (κ2) is 20.9. The summed E-state index contributed by atoms with van der Waals surface area (Å²) < 4.78 is 19.8. The summed E-state index contributed by atoms with van der Waals surface area (Å²) in [6, 6.07) is 0. The monoisotopic (exact) mass is 334 g/mol. The van der Waals surface area contributed by atoms with Crippen LogP contribution in [0.5, 0.6) is 0 Å². The standard InChI is InChI=1S/C9H18O3.C8H16O3/c1-3-6-11-8-5-9(10)12-7-4-2;1-3-6-10-7-5-8(9)11-4-2/h3-8H2,1-2H3;3-7H2,1-2H3. The Balaban J connectivity index is 0. The van der Waals surface area contributed by atoms with Crippen molar-refractivity contribution in [3.8, 4) is 0 Å². The summed E-state index contributed by atoms with van der Waals surface area (Å²) in [5.74, 6) is -0.337. The number of rotatable bonds is 13. The Bertz CT molecular complexity index is 268. The maximum Gasteiger partial charge on any atom is 0.308 e. The van der Waals surface area contributed by atoms with Gasteiger partial charge in [-0.05, 0) is 26.2 Å². The van der Waals surface area contributed by atoms with Crippen LogP contribution in [-0.2, 0) is 28.5 Å². The van der Waals surface area contributed by atoms with E-state index in [1.54, 1.807) is 6.92 Å². The van der Waals surface area contributed by atoms with Gasteiger partial charge in [-0.1, -0.05) is 20.8 Å². The molecule has 0 aromatic carbocycles. The minimum atomic E-state index is -0.177. The fourth-order valence-electron chi connectivity index (χ4n) is 1.33. The van der Waals surface area contributed by atoms with Gasteiger partial charge >= 0.3 is 11.9 Å². The fraction of sp³-hybridized carbons (Fsp3) is 0.882. The normalized spacial score (nSPS) is 9.74. The molecule has 0 amide bonds. The van der Waals surface area contributed by atoms with Crippen molar-refractivity contribution in [3.63, 3.8) is 0 Å². The molecule has 0 rings (SSSR count). The van der Waals surface area contributed by atoms with Crippen LogP contribution in [0.25, 0.3) is 0 Å². The van der Waals surface area contributed by atoms with Crippen molar-refractivity contribution in [3.05, 3.63) is 0 Å². The van der Waals surface area contributed by atoms with Crippen LogP contribution in [0, 0.1) is 0 Å². The van der Waals surface area contributed by atoms with Crippen LogP contribution in [0.2, 0.25) is 0 Å². The molecular weight excluding hydrogens is 300 g/mol. The first-order valence-electron chi connectivity index (χ1n) is 8.58. The number of carbonyl (C=O) groups excluding carboxylic acids is 2. The lowest BCUT2D eigenvalue weighted by molar-refractivity contribution is -0.145. The molecule has 0 aromatic heterocycles. The van der Waals surface area contributed by atoms with Crippen molar-refractivity contribution in [1.29, 1.82) is 0 Å². The number of hydrogen-bond donors (Lipinski definition) is 0. The number of carbonyl (C=O) groups is 2. The molecule has 6 heteroatoms. The van der Waals surface area contributed by atoms with Crippen molar-refractivity contribution in [2.24, 2.45) is 0 Å². The van der Waals surface area contributed by atoms with E-state index in [4.69, 9.17) is 18.9 Å². The lowest BCUT2D eigenvalue weighted by atomic mass is 10.4. The van der Waals surface area contributed by atoms with Gasteiger partial charge in [0.2, 0.25) is 0 Å². The summed E-state index contributed by atoms with van der Waals surface area (Å²) in [6.45, 7) is 11.2. The van der Waals surface area contributed by atoms with E-state index < -0.39 is 0 Å². The third kappa shape index (κ3) is 23.3. The Kier molecular flexibility index (Phi) is 21.9. The quantitative estimate of drug-likeness (QED) is 0.381. The Morgan fingerprint density at radius 2 is 1.04 bits per heavy atom. The molecule has 0 atom stereocenters. The molecule has 0 aromatic rings. The van der Waals surface area contributed by atoms with Crippen molar-refractivity contribution in [1.82, 2.24) is 0 Å². The van der Waals surface area contributed by atoms with Crippen LogP contribution in [0.4, 0.5) is 0 Å². The predicted molar refractivity (Wildman–Crippen MR) is 89.3 cm³/mol. The summed E-state index contributed by atoms with van der Waals surface area (Å²) in [5, 5.41) is 0. The van der Waals surface area contributed by atoms with Gasteiger partial charge in [0, 0.05) is 13.2 Å². The molecule has 0 aliphatic carbocycles. The molecule has 6 nitrogen and oxygen atoms in total. The van der Waals surface area contributed by atoms with Crippen molar-refractivity contribution >= 4 is 11.9 Å². The summed E-state index contributed by atoms with van der Waals surface area (Å²) in [7, 11) is 0. The maximum absolute atomic E-state index is 10.9. The van der Waals surface area contributed by atoms with E-state index in [9.17, 15) is 9.59 Å². The fourth-order valence-corrected chi connectivity index (χ4v) is 1.33. The predicted octanol–water partition coefficient (Wildman–Crippen LogP) is 3.12. The Labute approximate surface area is 140 Å². The zero-order valence-electron chi connectivity index (χ0n) is 15.2. The van der Waals surface area contributed by atoms with Gasteiger partial charge in [-0.15, -0.1) is 0 Å². The molecule has 0 radical (unpaired) electrons. The summed E-state index contributed by atoms with van der Waals surface area (Å²) in [4.78, 5) is 21.6. The topological polar surface area (TPSA) is 71.1 Å². The smallest absolute Gasteiger partial charge is 0.308 e. The third-order valence-corrected chi connectivity index (χ3v) is 2.37. The molecule has 0 aliphatic rings. The number of ether oxygens (including phenoxy) is 4. The van der Waals surface area contributed by atoms with Crippen LogP contribution in [-0.4, -0.2) is 51.6 Å². The molecule has 23 heavy (non-hydrogen) atoms. The average molecular weight is 334 g/mol. The zero-order chi connectivity index (χ0) is 17.8. The maximum atomic E-state index is 10.9. The first-order chi connectivity index (χ1) is 11.1. The molecule has 0 saturated heterocycles. The minimum absolute atomic E-state index is 0.159. The minimum Gasteiger partial charge on any atom is -0.466 e. The van der Waals surface area contributed by atoms with Crippen LogP contribution < -0.4 is 0 Å². The molecule has 0 aliphatic heterocycles. The molecular formula is C17H34O6. The Morgan fingerprint density at radius 3 is 1.43 bits per heavy atom. The molecule has 0 unspecified atom stereocenters. The van der Waals surface area contributed by atoms with E-state index in [-0.39, 0.29) is 11.9 Å². The largest absolute Gasteiger partial charge is 0.466 e. The van der Waals surface area contributed by atoms with Gasteiger partial charge in [0.15, 0.2) is 0 Å². The van der Waals surface area contributed by atoms with Crippen LogP contribution in [0.3, 0.4) is 0 Å². The van der Waals surface area contributed by atoms with Crippen molar-refractivity contribution in [2.45, 2.75) is 59.8 Å². The molecule has 0 fully saturated rings. The highest BCUT2D eigenvalue weighted by molar-refractivity contribution is 5.69. The van der Waals surface area contributed by atoms with E-state index in [0.717, 1.165) is 32.5 Å². The SMILES string of the molecule is CCCOCCC(=O)OCC.CCCOCCC(=O)OCCC. The van der Waals surface area contributed by atoms with Gasteiger partial charge in [-0.3, -0.25) is 9.59 Å². The van der Waals surface area contributed by atoms with Gasteiger partial charge in [0.05, 0.1) is 39.3 Å². The summed E-state index contributed by atoms with van der Waals surface area (Å²) >= 11 is 0. The molecule has 0 N–H and O–H groups in total. The van der Waals surface area contributed by atoms with Gasteiger partial charge < -0.3 is 18.9 Å². The molecule has 0 bridgehead atoms. The number of hydrogen-bond acceptors (Lipinski definition) is 6. The van der Waals surface area contributed by atoms with E-state index in [1.807, 2.05) is 20.8 Å². The van der Waals surface area contributed by atoms with Crippen molar-refractivity contribution in [2.75, 3.05) is 39.6 Å². The third-order valence-electron chi connectivity index (χ3n) is 2.37. The van der Waals surface area contributed by atoms with Gasteiger partial charge in [0.25, 0.3) is 0 Å². The van der Waals surface area contributed by atoms with E-state index in [1.165, 1.54) is 0 Å². The zero-order valence-corrected chi connectivity index (χ0v) is 15.2. The first-order valence-corrected chi connectivity index (χ1v) is 8.58. The highest BCUT2D eigenvalue weighted by Gasteiger charge is 2.00. The highest BCUT2D eigenvalue weighted by atomic mass is 16.5. The van der Waals surface area contributed by atoms with E-state index in [2.05, 4.69) is 0 Å². The molecule has 138 valence electrons. The van der Waals surface area contributed by atoms with Crippen LogP contribution in [0.15, 0.2) is 0 Å². The van der Waals surface area contributed by atoms with Gasteiger partial charge in [0.1, 0.15) is 0 Å².